The zero-order valence-corrected chi connectivity index (χ0v) is 11.2. The van der Waals surface area contributed by atoms with Crippen LogP contribution in [0.2, 0.25) is 0 Å². The molecule has 0 fully saturated rings. The molecule has 0 atom stereocenters. The molecule has 0 radical (unpaired) electrons. The number of para-hydroxylation sites is 1. The first-order valence-electron chi connectivity index (χ1n) is 6.64. The summed E-state index contributed by atoms with van der Waals surface area (Å²) in [7, 11) is 0. The number of rotatable bonds is 4. The molecule has 2 N–H and O–H groups in total. The fourth-order valence-electron chi connectivity index (χ4n) is 2.22. The van der Waals surface area contributed by atoms with Crippen molar-refractivity contribution in [1.82, 2.24) is 9.97 Å². The minimum atomic E-state index is -0.198. The highest BCUT2D eigenvalue weighted by molar-refractivity contribution is 5.83. The van der Waals surface area contributed by atoms with Crippen LogP contribution in [0.4, 0.5) is 10.3 Å². The molecule has 4 nitrogen and oxygen atoms in total. The van der Waals surface area contributed by atoms with Crippen molar-refractivity contribution in [2.75, 3.05) is 11.9 Å². The fraction of sp³-hybridized carbons (Fsp3) is 0.125. The number of H-pyrrole nitrogens is 1. The maximum atomic E-state index is 13.5. The van der Waals surface area contributed by atoms with E-state index in [1.807, 2.05) is 18.2 Å². The Morgan fingerprint density at radius 1 is 1.19 bits per heavy atom. The highest BCUT2D eigenvalue weighted by Crippen LogP contribution is 2.18. The molecule has 0 bridgehead atoms. The molecule has 1 heterocycles. The van der Waals surface area contributed by atoms with Gasteiger partial charge in [0.2, 0.25) is 5.95 Å². The topological polar surface area (TPSA) is 64.5 Å². The van der Waals surface area contributed by atoms with Crippen molar-refractivity contribution in [3.05, 3.63) is 59.4 Å². The Balaban J connectivity index is 1.72. The van der Waals surface area contributed by atoms with Crippen LogP contribution in [0.1, 0.15) is 11.1 Å². The molecule has 0 aliphatic carbocycles. The van der Waals surface area contributed by atoms with Gasteiger partial charge >= 0.3 is 0 Å². The fourth-order valence-corrected chi connectivity index (χ4v) is 2.22. The van der Waals surface area contributed by atoms with Gasteiger partial charge in [-0.1, -0.05) is 24.3 Å². The van der Waals surface area contributed by atoms with Gasteiger partial charge in [0.25, 0.3) is 0 Å². The third kappa shape index (κ3) is 2.70. The van der Waals surface area contributed by atoms with Gasteiger partial charge in [0, 0.05) is 6.54 Å². The summed E-state index contributed by atoms with van der Waals surface area (Å²) in [5.74, 6) is 0.389. The third-order valence-electron chi connectivity index (χ3n) is 3.28. The number of aromatic amines is 1. The first-order chi connectivity index (χ1) is 10.3. The number of nitrogens with zero attached hydrogens (tertiary/aromatic N) is 2. The smallest absolute Gasteiger partial charge is 0.201 e. The predicted molar refractivity (Wildman–Crippen MR) is 79.4 cm³/mol. The zero-order chi connectivity index (χ0) is 14.7. The lowest BCUT2D eigenvalue weighted by Gasteiger charge is -2.04. The van der Waals surface area contributed by atoms with Gasteiger partial charge in [0.1, 0.15) is 17.4 Å². The minimum Gasteiger partial charge on any atom is -0.355 e. The molecule has 2 aromatic carbocycles. The van der Waals surface area contributed by atoms with Crippen LogP contribution in [0, 0.1) is 17.1 Å². The number of hydrogen-bond donors (Lipinski definition) is 2. The third-order valence-corrected chi connectivity index (χ3v) is 3.28. The van der Waals surface area contributed by atoms with Gasteiger partial charge in [0.05, 0.1) is 11.1 Å². The predicted octanol–water partition coefficient (Wildman–Crippen LogP) is 3.23. The van der Waals surface area contributed by atoms with Crippen LogP contribution in [0.25, 0.3) is 11.0 Å². The number of anilines is 1. The van der Waals surface area contributed by atoms with Gasteiger partial charge in [-0.25, -0.2) is 9.37 Å². The number of fused-ring (bicyclic) bond motifs is 1. The van der Waals surface area contributed by atoms with Crippen LogP contribution in [0.15, 0.2) is 42.5 Å². The maximum Gasteiger partial charge on any atom is 0.201 e. The normalized spacial score (nSPS) is 10.5. The van der Waals surface area contributed by atoms with E-state index in [0.29, 0.717) is 35.6 Å². The van der Waals surface area contributed by atoms with E-state index >= 15 is 0 Å². The van der Waals surface area contributed by atoms with Crippen molar-refractivity contribution in [3.8, 4) is 6.07 Å². The van der Waals surface area contributed by atoms with Crippen LogP contribution < -0.4 is 5.32 Å². The molecule has 0 saturated carbocycles. The van der Waals surface area contributed by atoms with Crippen molar-refractivity contribution in [2.24, 2.45) is 0 Å². The molecule has 3 aromatic rings. The van der Waals surface area contributed by atoms with Gasteiger partial charge in [-0.2, -0.15) is 5.26 Å². The van der Waals surface area contributed by atoms with E-state index in [1.165, 1.54) is 6.07 Å². The average Bonchev–Trinajstić information content (AvgIpc) is 2.92. The van der Waals surface area contributed by atoms with Crippen molar-refractivity contribution in [1.29, 1.82) is 5.26 Å². The first-order valence-corrected chi connectivity index (χ1v) is 6.64. The summed E-state index contributed by atoms with van der Waals surface area (Å²) in [6, 6.07) is 14.2. The Hall–Kier alpha value is -2.87. The minimum absolute atomic E-state index is 0.198. The zero-order valence-electron chi connectivity index (χ0n) is 11.2. The number of hydrogen-bond acceptors (Lipinski definition) is 3. The molecule has 1 aromatic heterocycles. The molecule has 0 amide bonds. The molecule has 5 heteroatoms. The standard InChI is InChI=1S/C16H13FN4/c17-13-6-2-1-4-11(13)8-9-19-16-20-14-7-3-5-12(10-18)15(14)21-16/h1-7H,8-9H2,(H2,19,20,21). The summed E-state index contributed by atoms with van der Waals surface area (Å²) >= 11 is 0. The maximum absolute atomic E-state index is 13.5. The summed E-state index contributed by atoms with van der Waals surface area (Å²) in [5, 5.41) is 12.2. The van der Waals surface area contributed by atoms with E-state index in [2.05, 4.69) is 21.4 Å². The Labute approximate surface area is 121 Å². The van der Waals surface area contributed by atoms with Crippen LogP contribution in [-0.4, -0.2) is 16.5 Å². The quantitative estimate of drug-likeness (QED) is 0.771. The van der Waals surface area contributed by atoms with Crippen LogP contribution in [0.3, 0.4) is 0 Å². The van der Waals surface area contributed by atoms with Gasteiger partial charge in [0.15, 0.2) is 0 Å². The van der Waals surface area contributed by atoms with E-state index < -0.39 is 0 Å². The van der Waals surface area contributed by atoms with Gasteiger partial charge < -0.3 is 10.3 Å². The van der Waals surface area contributed by atoms with Crippen molar-refractivity contribution < 1.29 is 4.39 Å². The molecule has 0 aliphatic heterocycles. The Morgan fingerprint density at radius 3 is 2.86 bits per heavy atom. The number of halogens is 1. The highest BCUT2D eigenvalue weighted by atomic mass is 19.1. The molecular formula is C16H13FN4. The molecule has 3 rings (SSSR count). The molecule has 21 heavy (non-hydrogen) atoms. The largest absolute Gasteiger partial charge is 0.355 e. The summed E-state index contributed by atoms with van der Waals surface area (Å²) in [6.07, 6.45) is 0.564. The van der Waals surface area contributed by atoms with E-state index in [4.69, 9.17) is 5.26 Å². The van der Waals surface area contributed by atoms with Crippen LogP contribution in [0.5, 0.6) is 0 Å². The highest BCUT2D eigenvalue weighted by Gasteiger charge is 2.07. The second-order valence-electron chi connectivity index (χ2n) is 4.67. The lowest BCUT2D eigenvalue weighted by Crippen LogP contribution is -2.07. The lowest BCUT2D eigenvalue weighted by atomic mass is 10.1. The Kier molecular flexibility index (Phi) is 3.52. The summed E-state index contributed by atoms with van der Waals surface area (Å²) in [4.78, 5) is 7.46. The van der Waals surface area contributed by atoms with Crippen molar-refractivity contribution in [2.45, 2.75) is 6.42 Å². The number of imidazole rings is 1. The van der Waals surface area contributed by atoms with Crippen LogP contribution >= 0.6 is 0 Å². The molecule has 0 aliphatic rings. The average molecular weight is 280 g/mol. The Bertz CT molecular complexity index is 817. The van der Waals surface area contributed by atoms with Gasteiger partial charge in [-0.15, -0.1) is 0 Å². The van der Waals surface area contributed by atoms with E-state index in [1.54, 1.807) is 18.2 Å². The number of nitriles is 1. The van der Waals surface area contributed by atoms with Crippen molar-refractivity contribution in [3.63, 3.8) is 0 Å². The Morgan fingerprint density at radius 2 is 2.05 bits per heavy atom. The first kappa shape index (κ1) is 13.1. The van der Waals surface area contributed by atoms with E-state index in [9.17, 15) is 4.39 Å². The van der Waals surface area contributed by atoms with Crippen LogP contribution in [-0.2, 0) is 6.42 Å². The monoisotopic (exact) mass is 280 g/mol. The summed E-state index contributed by atoms with van der Waals surface area (Å²) in [5.41, 5.74) is 2.65. The second kappa shape index (κ2) is 5.63. The van der Waals surface area contributed by atoms with E-state index in [-0.39, 0.29) is 5.82 Å². The summed E-state index contributed by atoms with van der Waals surface area (Å²) in [6.45, 7) is 0.558. The number of benzene rings is 2. The molecular weight excluding hydrogens is 267 g/mol. The molecule has 0 spiro atoms. The van der Waals surface area contributed by atoms with Gasteiger partial charge in [-0.05, 0) is 30.2 Å². The lowest BCUT2D eigenvalue weighted by molar-refractivity contribution is 0.610. The van der Waals surface area contributed by atoms with Gasteiger partial charge in [-0.3, -0.25) is 0 Å². The number of aromatic nitrogens is 2. The molecule has 0 saturated heterocycles. The SMILES string of the molecule is N#Cc1cccc2[nH]c(NCCc3ccccc3F)nc12. The summed E-state index contributed by atoms with van der Waals surface area (Å²) < 4.78 is 13.5. The molecule has 0 unspecified atom stereocenters. The van der Waals surface area contributed by atoms with Crippen molar-refractivity contribution >= 4 is 17.0 Å². The van der Waals surface area contributed by atoms with E-state index in [0.717, 1.165) is 5.52 Å². The second-order valence-corrected chi connectivity index (χ2v) is 4.67. The number of nitrogens with one attached hydrogen (secondary N) is 2. The molecule has 104 valence electrons.